The van der Waals surface area contributed by atoms with Crippen LogP contribution in [0.2, 0.25) is 5.02 Å². The second kappa shape index (κ2) is 9.22. The van der Waals surface area contributed by atoms with Gasteiger partial charge in [-0.2, -0.15) is 13.2 Å². The van der Waals surface area contributed by atoms with Crippen LogP contribution in [0.3, 0.4) is 0 Å². The molecule has 2 aliphatic heterocycles. The number of benzene rings is 1. The average molecular weight is 459 g/mol. The zero-order valence-electron chi connectivity index (χ0n) is 17.0. The van der Waals surface area contributed by atoms with Crippen LogP contribution in [0.1, 0.15) is 24.8 Å². The number of halogens is 4. The predicted octanol–water partition coefficient (Wildman–Crippen LogP) is 3.27. The summed E-state index contributed by atoms with van der Waals surface area (Å²) in [6.45, 7) is 2.02. The Bertz CT molecular complexity index is 853. The Labute approximate surface area is 183 Å². The van der Waals surface area contributed by atoms with Gasteiger partial charge in [0.15, 0.2) is 0 Å². The average Bonchev–Trinajstić information content (AvgIpc) is 3.16. The highest BCUT2D eigenvalue weighted by Crippen LogP contribution is 2.30. The van der Waals surface area contributed by atoms with Gasteiger partial charge in [-0.3, -0.25) is 9.88 Å². The molecule has 3 heterocycles. The molecule has 11 heteroatoms. The molecule has 2 aromatic rings. The Morgan fingerprint density at radius 1 is 1.16 bits per heavy atom. The number of nitrogens with zero attached hydrogens (tertiary/aromatic N) is 4. The molecule has 1 aromatic carbocycles. The SMILES string of the molecule is Nc1nnc(N2CCC(N3C[C@H](CC(F)(F)F)OC[C@@H]3Cc3ccc(Cl)cc3)CC2)[nH]1. The molecule has 0 unspecified atom stereocenters. The van der Waals surface area contributed by atoms with Crippen LogP contribution >= 0.6 is 11.6 Å². The maximum absolute atomic E-state index is 13.0. The molecule has 31 heavy (non-hydrogen) atoms. The van der Waals surface area contributed by atoms with E-state index in [0.29, 0.717) is 17.4 Å². The Balaban J connectivity index is 1.44. The van der Waals surface area contributed by atoms with Crippen LogP contribution in [0.15, 0.2) is 24.3 Å². The number of aromatic amines is 1. The summed E-state index contributed by atoms with van der Waals surface area (Å²) >= 11 is 5.98. The summed E-state index contributed by atoms with van der Waals surface area (Å²) in [5, 5.41) is 8.49. The number of aromatic nitrogens is 3. The number of anilines is 2. The molecule has 1 aromatic heterocycles. The van der Waals surface area contributed by atoms with Crippen LogP contribution in [0.4, 0.5) is 25.1 Å². The zero-order chi connectivity index (χ0) is 22.0. The molecule has 4 rings (SSSR count). The fourth-order valence-corrected chi connectivity index (χ4v) is 4.62. The van der Waals surface area contributed by atoms with Crippen molar-refractivity contribution in [2.75, 3.05) is 36.9 Å². The summed E-state index contributed by atoms with van der Waals surface area (Å²) in [4.78, 5) is 7.22. The van der Waals surface area contributed by atoms with Crippen molar-refractivity contribution in [3.8, 4) is 0 Å². The predicted molar refractivity (Wildman–Crippen MR) is 112 cm³/mol. The molecule has 2 atom stereocenters. The van der Waals surface area contributed by atoms with Gasteiger partial charge in [0.1, 0.15) is 0 Å². The third kappa shape index (κ3) is 5.81. The van der Waals surface area contributed by atoms with Crippen molar-refractivity contribution in [1.82, 2.24) is 20.1 Å². The van der Waals surface area contributed by atoms with Crippen LogP contribution in [-0.4, -0.2) is 70.7 Å². The maximum Gasteiger partial charge on any atom is 0.391 e. The van der Waals surface area contributed by atoms with Crippen molar-refractivity contribution in [2.45, 2.75) is 50.0 Å². The zero-order valence-corrected chi connectivity index (χ0v) is 17.7. The lowest BCUT2D eigenvalue weighted by molar-refractivity contribution is -0.179. The number of piperidine rings is 1. The fourth-order valence-electron chi connectivity index (χ4n) is 4.49. The Kier molecular flexibility index (Phi) is 6.59. The van der Waals surface area contributed by atoms with E-state index >= 15 is 0 Å². The van der Waals surface area contributed by atoms with Crippen molar-refractivity contribution in [1.29, 1.82) is 0 Å². The normalized spacial score (nSPS) is 23.9. The smallest absolute Gasteiger partial charge is 0.375 e. The van der Waals surface area contributed by atoms with Crippen LogP contribution in [0.5, 0.6) is 0 Å². The molecule has 0 spiro atoms. The molecular weight excluding hydrogens is 433 g/mol. The number of H-pyrrole nitrogens is 1. The van der Waals surface area contributed by atoms with Gasteiger partial charge in [0.2, 0.25) is 11.9 Å². The maximum atomic E-state index is 13.0. The van der Waals surface area contributed by atoms with Gasteiger partial charge in [0.05, 0.1) is 19.1 Å². The minimum atomic E-state index is -4.24. The summed E-state index contributed by atoms with van der Waals surface area (Å²) in [6.07, 6.45) is -3.67. The largest absolute Gasteiger partial charge is 0.391 e. The molecule has 0 radical (unpaired) electrons. The number of alkyl halides is 3. The van der Waals surface area contributed by atoms with Gasteiger partial charge in [-0.15, -0.1) is 10.2 Å². The number of nitrogens with one attached hydrogen (secondary N) is 1. The molecule has 2 aliphatic rings. The molecule has 170 valence electrons. The van der Waals surface area contributed by atoms with E-state index in [-0.39, 0.29) is 31.2 Å². The highest BCUT2D eigenvalue weighted by molar-refractivity contribution is 6.30. The van der Waals surface area contributed by atoms with Crippen molar-refractivity contribution < 1.29 is 17.9 Å². The van der Waals surface area contributed by atoms with Crippen LogP contribution in [0, 0.1) is 0 Å². The molecule has 0 bridgehead atoms. The van der Waals surface area contributed by atoms with E-state index in [1.807, 2.05) is 24.3 Å². The lowest BCUT2D eigenvalue weighted by Gasteiger charge is -2.46. The number of nitrogens with two attached hydrogens (primary N) is 1. The first-order valence-electron chi connectivity index (χ1n) is 10.4. The number of nitrogen functional groups attached to an aromatic ring is 1. The van der Waals surface area contributed by atoms with E-state index < -0.39 is 18.7 Å². The molecule has 7 nitrogen and oxygen atoms in total. The molecule has 0 amide bonds. The summed E-state index contributed by atoms with van der Waals surface area (Å²) in [5.41, 5.74) is 6.71. The number of morpholine rings is 1. The minimum absolute atomic E-state index is 0.0168. The monoisotopic (exact) mass is 458 g/mol. The van der Waals surface area contributed by atoms with Gasteiger partial charge in [-0.1, -0.05) is 23.7 Å². The third-order valence-electron chi connectivity index (χ3n) is 5.98. The molecule has 2 saturated heterocycles. The molecular formula is C20H26ClF3N6O. The van der Waals surface area contributed by atoms with E-state index in [0.717, 1.165) is 31.5 Å². The van der Waals surface area contributed by atoms with Crippen LogP contribution in [0.25, 0.3) is 0 Å². The van der Waals surface area contributed by atoms with Gasteiger partial charge in [0, 0.05) is 36.7 Å². The van der Waals surface area contributed by atoms with Gasteiger partial charge in [-0.25, -0.2) is 0 Å². The van der Waals surface area contributed by atoms with Gasteiger partial charge >= 0.3 is 6.18 Å². The van der Waals surface area contributed by atoms with E-state index in [1.165, 1.54) is 0 Å². The van der Waals surface area contributed by atoms with Gasteiger partial charge < -0.3 is 15.4 Å². The second-order valence-electron chi connectivity index (χ2n) is 8.21. The number of hydrogen-bond donors (Lipinski definition) is 2. The standard InChI is InChI=1S/C20H26ClF3N6O/c21-14-3-1-13(2-4-14)9-16-12-31-17(10-20(22,23)24)11-30(16)15-5-7-29(8-6-15)19-26-18(25)27-28-19/h1-4,15-17H,5-12H2,(H3,25,26,27,28)/t16-,17-/m0/s1. The lowest BCUT2D eigenvalue weighted by Crippen LogP contribution is -2.57. The van der Waals surface area contributed by atoms with Crippen molar-refractivity contribution >= 4 is 23.5 Å². The first-order valence-corrected chi connectivity index (χ1v) is 10.8. The third-order valence-corrected chi connectivity index (χ3v) is 6.23. The first-order chi connectivity index (χ1) is 14.8. The Morgan fingerprint density at radius 2 is 1.87 bits per heavy atom. The van der Waals surface area contributed by atoms with E-state index in [9.17, 15) is 13.2 Å². The summed E-state index contributed by atoms with van der Waals surface area (Å²) < 4.78 is 44.6. The molecule has 0 saturated carbocycles. The first kappa shape index (κ1) is 22.2. The van der Waals surface area contributed by atoms with Crippen molar-refractivity contribution in [2.24, 2.45) is 0 Å². The van der Waals surface area contributed by atoms with Crippen LogP contribution in [-0.2, 0) is 11.2 Å². The Morgan fingerprint density at radius 3 is 2.48 bits per heavy atom. The molecule has 0 aliphatic carbocycles. The number of hydrogen-bond acceptors (Lipinski definition) is 6. The highest BCUT2D eigenvalue weighted by atomic mass is 35.5. The topological polar surface area (TPSA) is 83.3 Å². The molecule has 2 fully saturated rings. The minimum Gasteiger partial charge on any atom is -0.375 e. The van der Waals surface area contributed by atoms with Crippen molar-refractivity contribution in [3.63, 3.8) is 0 Å². The second-order valence-corrected chi connectivity index (χ2v) is 8.64. The van der Waals surface area contributed by atoms with E-state index in [4.69, 9.17) is 22.1 Å². The molecule has 3 N–H and O–H groups in total. The van der Waals surface area contributed by atoms with Gasteiger partial charge in [0.25, 0.3) is 0 Å². The Hall–Kier alpha value is -2.04. The fraction of sp³-hybridized carbons (Fsp3) is 0.600. The quantitative estimate of drug-likeness (QED) is 0.715. The number of rotatable bonds is 5. The van der Waals surface area contributed by atoms with E-state index in [1.54, 1.807) is 0 Å². The van der Waals surface area contributed by atoms with Crippen molar-refractivity contribution in [3.05, 3.63) is 34.9 Å². The van der Waals surface area contributed by atoms with Gasteiger partial charge in [-0.05, 0) is 37.0 Å². The number of ether oxygens (including phenoxy) is 1. The summed E-state index contributed by atoms with van der Waals surface area (Å²) in [6, 6.07) is 7.77. The van der Waals surface area contributed by atoms with Crippen LogP contribution < -0.4 is 10.6 Å². The lowest BCUT2D eigenvalue weighted by atomic mass is 9.96. The van der Waals surface area contributed by atoms with E-state index in [2.05, 4.69) is 25.0 Å². The summed E-state index contributed by atoms with van der Waals surface area (Å²) in [5.74, 6) is 0.897. The highest BCUT2D eigenvalue weighted by Gasteiger charge is 2.40. The summed E-state index contributed by atoms with van der Waals surface area (Å²) in [7, 11) is 0.